The first-order valence-corrected chi connectivity index (χ1v) is 11.5. The van der Waals surface area contributed by atoms with E-state index in [4.69, 9.17) is 4.74 Å². The van der Waals surface area contributed by atoms with Crippen LogP contribution < -0.4 is 29.6 Å². The van der Waals surface area contributed by atoms with E-state index in [0.29, 0.717) is 18.6 Å². The molecule has 0 N–H and O–H groups in total. The van der Waals surface area contributed by atoms with Gasteiger partial charge in [0, 0.05) is 5.57 Å². The van der Waals surface area contributed by atoms with E-state index in [1.54, 1.807) is 6.92 Å². The predicted octanol–water partition coefficient (Wildman–Crippen LogP) is 2.29. The number of hydrogen-bond acceptors (Lipinski definition) is 6. The topological polar surface area (TPSA) is 92.7 Å². The summed E-state index contributed by atoms with van der Waals surface area (Å²) < 4.78 is 39.3. The zero-order valence-corrected chi connectivity index (χ0v) is 21.3. The molecule has 0 fully saturated rings. The number of hydrogen-bond donors (Lipinski definition) is 0. The van der Waals surface area contributed by atoms with Crippen molar-refractivity contribution in [1.29, 1.82) is 0 Å². The maximum Gasteiger partial charge on any atom is 1.00 e. The molecule has 0 aromatic heterocycles. The van der Waals surface area contributed by atoms with Gasteiger partial charge >= 0.3 is 35.5 Å². The fraction of sp³-hybridized carbons (Fsp3) is 0.850. The van der Waals surface area contributed by atoms with Crippen molar-refractivity contribution in [2.24, 2.45) is 0 Å². The first kappa shape index (κ1) is 32.7. The van der Waals surface area contributed by atoms with Gasteiger partial charge in [-0.25, -0.2) is 13.2 Å². The molecule has 28 heavy (non-hydrogen) atoms. The fourth-order valence-electron chi connectivity index (χ4n) is 2.18. The van der Waals surface area contributed by atoms with Crippen LogP contribution in [0.25, 0.3) is 0 Å². The van der Waals surface area contributed by atoms with Crippen molar-refractivity contribution in [2.45, 2.75) is 97.8 Å². The van der Waals surface area contributed by atoms with Crippen LogP contribution in [-0.4, -0.2) is 32.2 Å². The summed E-state index contributed by atoms with van der Waals surface area (Å²) in [6.45, 7) is 9.92. The van der Waals surface area contributed by atoms with Gasteiger partial charge in [-0.2, -0.15) is 0 Å². The standard InChI is InChI=1S/C12H26O4S.C8H14O2.Na/c1-2-3-4-5-6-7-8-9-10-11-12-16-17(13,14)15;1-4-5-6-10-8(9)7(2)3;/h2-12H2,1H3,(H,13,14,15);2,4-6H2,1,3H3;/q;;+1/p-1. The second-order valence-corrected chi connectivity index (χ2v) is 7.73. The van der Waals surface area contributed by atoms with E-state index in [0.717, 1.165) is 25.7 Å². The van der Waals surface area contributed by atoms with Crippen molar-refractivity contribution in [1.82, 2.24) is 0 Å². The number of carbonyl (C=O) groups excluding carboxylic acids is 1. The Hall–Kier alpha value is 0.0800. The molecular weight excluding hydrogens is 391 g/mol. The molecule has 0 unspecified atom stereocenters. The van der Waals surface area contributed by atoms with Gasteiger partial charge < -0.3 is 9.29 Å². The molecule has 0 saturated heterocycles. The Bertz CT molecular complexity index is 465. The molecule has 0 aromatic carbocycles. The Morgan fingerprint density at radius 2 is 1.25 bits per heavy atom. The van der Waals surface area contributed by atoms with Crippen molar-refractivity contribution < 1.29 is 56.2 Å². The van der Waals surface area contributed by atoms with Crippen LogP contribution in [0.2, 0.25) is 0 Å². The summed E-state index contributed by atoms with van der Waals surface area (Å²) in [6, 6.07) is 0. The SMILES string of the molecule is C=C(C)C(=O)OCCCC.CCCCCCCCCCCCOS(=O)(=O)[O-].[Na+]. The third-order valence-electron chi connectivity index (χ3n) is 3.81. The monoisotopic (exact) mass is 430 g/mol. The van der Waals surface area contributed by atoms with Crippen LogP contribution in [0, 0.1) is 0 Å². The zero-order chi connectivity index (χ0) is 21.0. The number of ether oxygens (including phenoxy) is 1. The van der Waals surface area contributed by atoms with Crippen LogP contribution in [-0.2, 0) is 24.1 Å². The Labute approximate surface area is 195 Å². The van der Waals surface area contributed by atoms with Crippen LogP contribution in [0.15, 0.2) is 12.2 Å². The van der Waals surface area contributed by atoms with Crippen molar-refractivity contribution in [3.05, 3.63) is 12.2 Å². The maximum atomic E-state index is 10.7. The molecule has 0 rings (SSSR count). The molecular formula is C20H39NaO6S. The van der Waals surface area contributed by atoms with Crippen LogP contribution in [0.3, 0.4) is 0 Å². The van der Waals surface area contributed by atoms with E-state index in [1.807, 2.05) is 0 Å². The second kappa shape index (κ2) is 23.4. The summed E-state index contributed by atoms with van der Waals surface area (Å²) in [7, 11) is -4.48. The molecule has 0 aliphatic rings. The molecule has 0 amide bonds. The smallest absolute Gasteiger partial charge is 0.726 e. The summed E-state index contributed by atoms with van der Waals surface area (Å²) >= 11 is 0. The molecule has 0 bridgehead atoms. The van der Waals surface area contributed by atoms with Gasteiger partial charge in [0.25, 0.3) is 0 Å². The Balaban J connectivity index is -0.000000489. The third kappa shape index (κ3) is 30.8. The Morgan fingerprint density at radius 3 is 1.64 bits per heavy atom. The molecule has 0 atom stereocenters. The molecule has 0 spiro atoms. The zero-order valence-electron chi connectivity index (χ0n) is 18.5. The molecule has 0 aliphatic carbocycles. The van der Waals surface area contributed by atoms with Gasteiger partial charge in [-0.15, -0.1) is 0 Å². The first-order valence-electron chi connectivity index (χ1n) is 10.2. The van der Waals surface area contributed by atoms with Gasteiger partial charge in [-0.05, 0) is 19.8 Å². The van der Waals surface area contributed by atoms with Crippen molar-refractivity contribution >= 4 is 16.4 Å². The minimum absolute atomic E-state index is 0. The summed E-state index contributed by atoms with van der Waals surface area (Å²) in [5.41, 5.74) is 0.469. The average Bonchev–Trinajstić information content (AvgIpc) is 2.59. The molecule has 8 heteroatoms. The molecule has 0 saturated carbocycles. The fourth-order valence-corrected chi connectivity index (χ4v) is 2.50. The predicted molar refractivity (Wildman–Crippen MR) is 108 cm³/mol. The van der Waals surface area contributed by atoms with Crippen molar-refractivity contribution in [3.63, 3.8) is 0 Å². The normalized spacial score (nSPS) is 10.4. The van der Waals surface area contributed by atoms with E-state index in [2.05, 4.69) is 24.6 Å². The molecule has 0 heterocycles. The average molecular weight is 431 g/mol. The van der Waals surface area contributed by atoms with E-state index in [9.17, 15) is 17.8 Å². The van der Waals surface area contributed by atoms with E-state index in [-0.39, 0.29) is 42.1 Å². The van der Waals surface area contributed by atoms with Gasteiger partial charge in [0.1, 0.15) is 0 Å². The number of carbonyl (C=O) groups is 1. The van der Waals surface area contributed by atoms with Gasteiger partial charge in [0.2, 0.25) is 10.4 Å². The number of esters is 1. The van der Waals surface area contributed by atoms with Gasteiger partial charge in [0.05, 0.1) is 13.2 Å². The molecule has 162 valence electrons. The van der Waals surface area contributed by atoms with Crippen LogP contribution in [0.5, 0.6) is 0 Å². The Kier molecular flexibility index (Phi) is 27.3. The van der Waals surface area contributed by atoms with Crippen LogP contribution >= 0.6 is 0 Å². The summed E-state index contributed by atoms with van der Waals surface area (Å²) in [6.07, 6.45) is 13.7. The summed E-state index contributed by atoms with van der Waals surface area (Å²) in [4.78, 5) is 10.7. The minimum atomic E-state index is -4.48. The molecule has 0 aromatic rings. The molecule has 0 aliphatic heterocycles. The van der Waals surface area contributed by atoms with Gasteiger partial charge in [-0.3, -0.25) is 4.18 Å². The van der Waals surface area contributed by atoms with E-state index < -0.39 is 10.4 Å². The first-order chi connectivity index (χ1) is 12.7. The second-order valence-electron chi connectivity index (χ2n) is 6.68. The van der Waals surface area contributed by atoms with Crippen LogP contribution in [0.1, 0.15) is 97.8 Å². The summed E-state index contributed by atoms with van der Waals surface area (Å²) in [5, 5.41) is 0. The quantitative estimate of drug-likeness (QED) is 0.0931. The van der Waals surface area contributed by atoms with Crippen molar-refractivity contribution in [3.8, 4) is 0 Å². The van der Waals surface area contributed by atoms with Crippen molar-refractivity contribution in [2.75, 3.05) is 13.2 Å². The summed E-state index contributed by atoms with van der Waals surface area (Å²) in [5.74, 6) is -0.284. The third-order valence-corrected chi connectivity index (χ3v) is 4.26. The molecule has 0 radical (unpaired) electrons. The minimum Gasteiger partial charge on any atom is -0.726 e. The van der Waals surface area contributed by atoms with Gasteiger partial charge in [-0.1, -0.05) is 84.6 Å². The Morgan fingerprint density at radius 1 is 0.821 bits per heavy atom. The molecule has 6 nitrogen and oxygen atoms in total. The number of rotatable bonds is 16. The van der Waals surface area contributed by atoms with E-state index in [1.165, 1.54) is 44.9 Å². The maximum absolute atomic E-state index is 10.7. The van der Waals surface area contributed by atoms with E-state index >= 15 is 0 Å². The number of unbranched alkanes of at least 4 members (excludes halogenated alkanes) is 10. The van der Waals surface area contributed by atoms with Gasteiger partial charge in [0.15, 0.2) is 0 Å². The van der Waals surface area contributed by atoms with Crippen LogP contribution in [0.4, 0.5) is 0 Å². The largest absolute Gasteiger partial charge is 1.00 e.